The standard InChI is InChI=1S/C17H26N2O2/c1-12-7-13-8-16(20-3)9-14(17(13)21-12)10-19-6-4-5-15(11-19)18-2/h8-9,12,15,18H,4-7,10-11H2,1-3H3. The van der Waals surface area contributed by atoms with Gasteiger partial charge in [0.05, 0.1) is 7.11 Å². The summed E-state index contributed by atoms with van der Waals surface area (Å²) in [5.74, 6) is 2.04. The Labute approximate surface area is 127 Å². The molecule has 21 heavy (non-hydrogen) atoms. The van der Waals surface area contributed by atoms with Crippen LogP contribution in [0.4, 0.5) is 0 Å². The van der Waals surface area contributed by atoms with Crippen molar-refractivity contribution in [2.24, 2.45) is 0 Å². The summed E-state index contributed by atoms with van der Waals surface area (Å²) >= 11 is 0. The van der Waals surface area contributed by atoms with Crippen LogP contribution in [-0.4, -0.2) is 44.3 Å². The second-order valence-corrected chi connectivity index (χ2v) is 6.27. The van der Waals surface area contributed by atoms with Crippen molar-refractivity contribution in [3.8, 4) is 11.5 Å². The van der Waals surface area contributed by atoms with Gasteiger partial charge in [-0.05, 0) is 45.5 Å². The molecule has 2 aliphatic rings. The molecule has 2 heterocycles. The Morgan fingerprint density at radius 2 is 2.29 bits per heavy atom. The molecule has 1 saturated heterocycles. The van der Waals surface area contributed by atoms with Gasteiger partial charge in [-0.25, -0.2) is 0 Å². The highest BCUT2D eigenvalue weighted by Gasteiger charge is 2.26. The van der Waals surface area contributed by atoms with Crippen molar-refractivity contribution in [3.63, 3.8) is 0 Å². The van der Waals surface area contributed by atoms with Crippen LogP contribution in [0.5, 0.6) is 11.5 Å². The summed E-state index contributed by atoms with van der Waals surface area (Å²) in [5, 5.41) is 3.40. The van der Waals surface area contributed by atoms with E-state index in [1.54, 1.807) is 7.11 Å². The van der Waals surface area contributed by atoms with Crippen LogP contribution in [-0.2, 0) is 13.0 Å². The second-order valence-electron chi connectivity index (χ2n) is 6.27. The average molecular weight is 290 g/mol. The highest BCUT2D eigenvalue weighted by atomic mass is 16.5. The molecule has 4 heteroatoms. The minimum absolute atomic E-state index is 0.275. The first kappa shape index (κ1) is 14.7. The van der Waals surface area contributed by atoms with Gasteiger partial charge in [0.1, 0.15) is 17.6 Å². The quantitative estimate of drug-likeness (QED) is 0.922. The molecule has 0 aromatic heterocycles. The van der Waals surface area contributed by atoms with Crippen LogP contribution >= 0.6 is 0 Å². The van der Waals surface area contributed by atoms with Gasteiger partial charge < -0.3 is 14.8 Å². The molecule has 1 N–H and O–H groups in total. The van der Waals surface area contributed by atoms with Crippen molar-refractivity contribution >= 4 is 0 Å². The molecule has 0 bridgehead atoms. The molecule has 0 saturated carbocycles. The number of fused-ring (bicyclic) bond motifs is 1. The van der Waals surface area contributed by atoms with Crippen molar-refractivity contribution in [1.29, 1.82) is 0 Å². The van der Waals surface area contributed by atoms with Crippen molar-refractivity contribution in [3.05, 3.63) is 23.3 Å². The van der Waals surface area contributed by atoms with Crippen molar-refractivity contribution in [2.75, 3.05) is 27.2 Å². The van der Waals surface area contributed by atoms with E-state index in [0.29, 0.717) is 6.04 Å². The molecule has 0 spiro atoms. The average Bonchev–Trinajstić information content (AvgIpc) is 2.88. The Balaban J connectivity index is 1.80. The first-order chi connectivity index (χ1) is 10.2. The molecule has 2 aliphatic heterocycles. The van der Waals surface area contributed by atoms with E-state index in [2.05, 4.69) is 36.3 Å². The van der Waals surface area contributed by atoms with Gasteiger partial charge in [0.2, 0.25) is 0 Å². The predicted octanol–water partition coefficient (Wildman–Crippen LogP) is 2.20. The molecule has 2 unspecified atom stereocenters. The van der Waals surface area contributed by atoms with Gasteiger partial charge in [-0.15, -0.1) is 0 Å². The van der Waals surface area contributed by atoms with Gasteiger partial charge >= 0.3 is 0 Å². The van der Waals surface area contributed by atoms with Gasteiger partial charge in [0.25, 0.3) is 0 Å². The van der Waals surface area contributed by atoms with Crippen LogP contribution in [0, 0.1) is 0 Å². The Hall–Kier alpha value is -1.26. The molecule has 3 rings (SSSR count). The van der Waals surface area contributed by atoms with E-state index in [4.69, 9.17) is 9.47 Å². The number of likely N-dealkylation sites (N-methyl/N-ethyl adjacent to an activating group) is 1. The number of likely N-dealkylation sites (tertiary alicyclic amines) is 1. The summed E-state index contributed by atoms with van der Waals surface area (Å²) in [6.45, 7) is 5.36. The molecular formula is C17H26N2O2. The van der Waals surface area contributed by atoms with Crippen LogP contribution in [0.15, 0.2) is 12.1 Å². The lowest BCUT2D eigenvalue weighted by Gasteiger charge is -2.32. The number of methoxy groups -OCH3 is 1. The molecule has 1 fully saturated rings. The van der Waals surface area contributed by atoms with Gasteiger partial charge in [0, 0.05) is 36.7 Å². The number of hydrogen-bond donors (Lipinski definition) is 1. The molecule has 0 radical (unpaired) electrons. The third kappa shape index (κ3) is 3.16. The fourth-order valence-electron chi connectivity index (χ4n) is 3.49. The number of rotatable bonds is 4. The highest BCUT2D eigenvalue weighted by Crippen LogP contribution is 2.37. The van der Waals surface area contributed by atoms with Crippen molar-refractivity contribution in [1.82, 2.24) is 10.2 Å². The molecule has 0 amide bonds. The van der Waals surface area contributed by atoms with Crippen LogP contribution in [0.1, 0.15) is 30.9 Å². The van der Waals surface area contributed by atoms with E-state index in [1.165, 1.54) is 30.5 Å². The SMILES string of the molecule is CNC1CCCN(Cc2cc(OC)cc3c2OC(C)C3)C1. The summed E-state index contributed by atoms with van der Waals surface area (Å²) in [5.41, 5.74) is 2.56. The Morgan fingerprint density at radius 1 is 1.43 bits per heavy atom. The van der Waals surface area contributed by atoms with Gasteiger partial charge in [-0.2, -0.15) is 0 Å². The summed E-state index contributed by atoms with van der Waals surface area (Å²) < 4.78 is 11.5. The fourth-order valence-corrected chi connectivity index (χ4v) is 3.49. The van der Waals surface area contributed by atoms with E-state index in [1.807, 2.05) is 0 Å². The first-order valence-corrected chi connectivity index (χ1v) is 7.95. The highest BCUT2D eigenvalue weighted by molar-refractivity contribution is 5.49. The predicted molar refractivity (Wildman–Crippen MR) is 84.1 cm³/mol. The molecule has 0 aliphatic carbocycles. The molecule has 1 aromatic rings. The Bertz CT molecular complexity index is 504. The lowest BCUT2D eigenvalue weighted by Crippen LogP contribution is -2.43. The molecule has 116 valence electrons. The van der Waals surface area contributed by atoms with Gasteiger partial charge in [0.15, 0.2) is 0 Å². The first-order valence-electron chi connectivity index (χ1n) is 7.95. The maximum absolute atomic E-state index is 6.03. The Kier molecular flexibility index (Phi) is 4.36. The lowest BCUT2D eigenvalue weighted by atomic mass is 10.0. The van der Waals surface area contributed by atoms with E-state index in [9.17, 15) is 0 Å². The third-order valence-electron chi connectivity index (χ3n) is 4.59. The molecule has 2 atom stereocenters. The van der Waals surface area contributed by atoms with Gasteiger partial charge in [-0.1, -0.05) is 0 Å². The zero-order valence-electron chi connectivity index (χ0n) is 13.3. The van der Waals surface area contributed by atoms with Crippen molar-refractivity contribution in [2.45, 2.75) is 44.9 Å². The zero-order chi connectivity index (χ0) is 14.8. The smallest absolute Gasteiger partial charge is 0.127 e. The minimum atomic E-state index is 0.275. The maximum atomic E-state index is 6.03. The van der Waals surface area contributed by atoms with Crippen molar-refractivity contribution < 1.29 is 9.47 Å². The number of piperidine rings is 1. The molecule has 1 aromatic carbocycles. The molecular weight excluding hydrogens is 264 g/mol. The summed E-state index contributed by atoms with van der Waals surface area (Å²) in [6.07, 6.45) is 3.79. The number of ether oxygens (including phenoxy) is 2. The lowest BCUT2D eigenvalue weighted by molar-refractivity contribution is 0.183. The van der Waals surface area contributed by atoms with E-state index in [-0.39, 0.29) is 6.10 Å². The Morgan fingerprint density at radius 3 is 3.05 bits per heavy atom. The van der Waals surface area contributed by atoms with Crippen LogP contribution in [0.25, 0.3) is 0 Å². The maximum Gasteiger partial charge on any atom is 0.127 e. The normalized spacial score (nSPS) is 25.5. The number of nitrogens with zero attached hydrogens (tertiary/aromatic N) is 1. The third-order valence-corrected chi connectivity index (χ3v) is 4.59. The zero-order valence-corrected chi connectivity index (χ0v) is 13.3. The molecule has 4 nitrogen and oxygen atoms in total. The fraction of sp³-hybridized carbons (Fsp3) is 0.647. The monoisotopic (exact) mass is 290 g/mol. The van der Waals surface area contributed by atoms with Gasteiger partial charge in [-0.3, -0.25) is 4.90 Å². The number of hydrogen-bond acceptors (Lipinski definition) is 4. The summed E-state index contributed by atoms with van der Waals surface area (Å²) in [7, 11) is 3.80. The van der Waals surface area contributed by atoms with E-state index >= 15 is 0 Å². The minimum Gasteiger partial charge on any atom is -0.497 e. The van der Waals surface area contributed by atoms with Crippen LogP contribution in [0.3, 0.4) is 0 Å². The topological polar surface area (TPSA) is 33.7 Å². The van der Waals surface area contributed by atoms with Crippen LogP contribution < -0.4 is 14.8 Å². The van der Waals surface area contributed by atoms with E-state index < -0.39 is 0 Å². The number of benzene rings is 1. The largest absolute Gasteiger partial charge is 0.497 e. The summed E-state index contributed by atoms with van der Waals surface area (Å²) in [6, 6.07) is 4.87. The number of nitrogens with one attached hydrogen (secondary N) is 1. The van der Waals surface area contributed by atoms with Crippen LogP contribution in [0.2, 0.25) is 0 Å². The second kappa shape index (κ2) is 6.24. The summed E-state index contributed by atoms with van der Waals surface area (Å²) in [4.78, 5) is 2.52. The van der Waals surface area contributed by atoms with E-state index in [0.717, 1.165) is 31.0 Å².